The molecule has 4 N–H and O–H groups in total. The highest BCUT2D eigenvalue weighted by Gasteiger charge is 2.41. The number of hydrogen-bond acceptors (Lipinski definition) is 6. The number of nitrogens with one attached hydrogen (secondary N) is 2. The number of amides is 2. The van der Waals surface area contributed by atoms with E-state index in [0.717, 1.165) is 21.6 Å². The Morgan fingerprint density at radius 1 is 0.750 bits per heavy atom. The molecule has 6 nitrogen and oxygen atoms in total. The first-order valence-electron chi connectivity index (χ1n) is 8.64. The molecule has 0 radical (unpaired) electrons. The van der Waals surface area contributed by atoms with Gasteiger partial charge in [0.05, 0.1) is 13.2 Å². The van der Waals surface area contributed by atoms with Gasteiger partial charge >= 0.3 is 0 Å². The molecule has 8 heteroatoms. The number of carbonyl (C=O) groups excluding carboxylic acids is 2. The Balaban J connectivity index is 2.05. The molecule has 2 rings (SSSR count). The van der Waals surface area contributed by atoms with Crippen molar-refractivity contribution in [2.45, 2.75) is 23.3 Å². The minimum absolute atomic E-state index is 0.387. The summed E-state index contributed by atoms with van der Waals surface area (Å²) in [6, 6.07) is 17.9. The summed E-state index contributed by atoms with van der Waals surface area (Å²) in [5.41, 5.74) is 1.23. The fourth-order valence-corrected chi connectivity index (χ4v) is 4.63. The monoisotopic (exact) mass is 420 g/mol. The van der Waals surface area contributed by atoms with Crippen molar-refractivity contribution in [2.75, 3.05) is 23.8 Å². The van der Waals surface area contributed by atoms with Gasteiger partial charge in [-0.05, 0) is 38.1 Å². The van der Waals surface area contributed by atoms with Gasteiger partial charge in [-0.3, -0.25) is 9.59 Å². The number of benzene rings is 2. The van der Waals surface area contributed by atoms with Gasteiger partial charge in [0.25, 0.3) is 0 Å². The van der Waals surface area contributed by atoms with Crippen LogP contribution in [0.3, 0.4) is 0 Å². The van der Waals surface area contributed by atoms with Gasteiger partial charge in [0.15, 0.2) is 0 Å². The van der Waals surface area contributed by atoms with Gasteiger partial charge in [0.2, 0.25) is 11.8 Å². The smallest absolute Gasteiger partial charge is 0.243 e. The quantitative estimate of drug-likeness (QED) is 0.465. The average Bonchev–Trinajstić information content (AvgIpc) is 2.73. The zero-order valence-electron chi connectivity index (χ0n) is 15.7. The van der Waals surface area contributed by atoms with Gasteiger partial charge in [0, 0.05) is 11.4 Å². The molecule has 2 atom stereocenters. The second-order valence-corrected chi connectivity index (χ2v) is 9.72. The Morgan fingerprint density at radius 3 is 1.36 bits per heavy atom. The van der Waals surface area contributed by atoms with Gasteiger partial charge in [0.1, 0.15) is 9.49 Å². The van der Waals surface area contributed by atoms with Gasteiger partial charge in [-0.15, -0.1) is 0 Å². The second-order valence-electron chi connectivity index (χ2n) is 6.58. The van der Waals surface area contributed by atoms with Gasteiger partial charge in [-0.25, -0.2) is 0 Å². The minimum atomic E-state index is -1.20. The van der Waals surface area contributed by atoms with Crippen LogP contribution < -0.4 is 10.6 Å². The lowest BCUT2D eigenvalue weighted by atomic mass is 10.1. The van der Waals surface area contributed by atoms with Crippen molar-refractivity contribution in [1.29, 1.82) is 0 Å². The molecule has 0 aliphatic rings. The lowest BCUT2D eigenvalue weighted by Gasteiger charge is -2.30. The molecular formula is C20H24N2O4S2. The number of aliphatic hydroxyl groups is 2. The highest BCUT2D eigenvalue weighted by Crippen LogP contribution is 2.44. The van der Waals surface area contributed by atoms with Crippen LogP contribution in [-0.4, -0.2) is 44.7 Å². The first-order valence-corrected chi connectivity index (χ1v) is 10.8. The highest BCUT2D eigenvalue weighted by atomic mass is 33.1. The van der Waals surface area contributed by atoms with Crippen LogP contribution in [0.5, 0.6) is 0 Å². The summed E-state index contributed by atoms with van der Waals surface area (Å²) in [5, 5.41) is 25.2. The SMILES string of the molecule is CC(CO)(SSC(C)(CO)C(=O)Nc1ccccc1)C(=O)Nc1ccccc1. The summed E-state index contributed by atoms with van der Waals surface area (Å²) in [6.07, 6.45) is 0. The Bertz CT molecular complexity index is 724. The number of hydrogen-bond donors (Lipinski definition) is 4. The van der Waals surface area contributed by atoms with Crippen molar-refractivity contribution in [2.24, 2.45) is 0 Å². The van der Waals surface area contributed by atoms with E-state index in [4.69, 9.17) is 0 Å². The number of carbonyl (C=O) groups is 2. The largest absolute Gasteiger partial charge is 0.394 e. The zero-order valence-corrected chi connectivity index (χ0v) is 17.3. The Morgan fingerprint density at radius 2 is 1.07 bits per heavy atom. The first kappa shape index (κ1) is 22.3. The normalized spacial score (nSPS) is 15.1. The van der Waals surface area contributed by atoms with E-state index in [1.807, 2.05) is 12.1 Å². The summed E-state index contributed by atoms with van der Waals surface area (Å²) < 4.78 is -2.41. The van der Waals surface area contributed by atoms with Crippen molar-refractivity contribution in [3.05, 3.63) is 60.7 Å². The van der Waals surface area contributed by atoms with Crippen molar-refractivity contribution in [1.82, 2.24) is 0 Å². The Labute approximate surface area is 172 Å². The molecule has 0 aliphatic heterocycles. The van der Waals surface area contributed by atoms with Crippen LogP contribution in [0, 0.1) is 0 Å². The summed E-state index contributed by atoms with van der Waals surface area (Å²) in [4.78, 5) is 25.3. The predicted octanol–water partition coefficient (Wildman–Crippen LogP) is 3.15. The molecule has 0 aliphatic carbocycles. The number of anilines is 2. The number of aliphatic hydroxyl groups excluding tert-OH is 2. The third kappa shape index (κ3) is 5.75. The standard InChI is InChI=1S/C20H24N2O4S2/c1-19(13-23,17(25)21-15-9-5-3-6-10-15)27-28-20(2,14-24)18(26)22-16-11-7-4-8-12-16/h3-12,23-24H,13-14H2,1-2H3,(H,21,25)(H,22,26). The summed E-state index contributed by atoms with van der Waals surface area (Å²) in [6.45, 7) is 2.34. The van der Waals surface area contributed by atoms with E-state index in [-0.39, 0.29) is 11.8 Å². The minimum Gasteiger partial charge on any atom is -0.394 e. The van der Waals surface area contributed by atoms with E-state index in [0.29, 0.717) is 11.4 Å². The highest BCUT2D eigenvalue weighted by molar-refractivity contribution is 8.78. The van der Waals surface area contributed by atoms with E-state index >= 15 is 0 Å². The van der Waals surface area contributed by atoms with E-state index < -0.39 is 22.7 Å². The Hall–Kier alpha value is -2.00. The molecule has 0 saturated carbocycles. The van der Waals surface area contributed by atoms with E-state index in [2.05, 4.69) is 10.6 Å². The number of para-hydroxylation sites is 2. The molecule has 0 saturated heterocycles. The fraction of sp³-hybridized carbons (Fsp3) is 0.300. The third-order valence-electron chi connectivity index (χ3n) is 4.04. The number of rotatable bonds is 9. The summed E-state index contributed by atoms with van der Waals surface area (Å²) in [7, 11) is 2.11. The van der Waals surface area contributed by atoms with Crippen molar-refractivity contribution in [3.63, 3.8) is 0 Å². The molecular weight excluding hydrogens is 396 g/mol. The molecule has 0 fully saturated rings. The maximum Gasteiger partial charge on any atom is 0.243 e. The molecule has 0 spiro atoms. The molecule has 0 aromatic heterocycles. The second kappa shape index (κ2) is 9.97. The van der Waals surface area contributed by atoms with E-state index in [1.54, 1.807) is 62.4 Å². The third-order valence-corrected chi connectivity index (χ3v) is 7.94. The topological polar surface area (TPSA) is 98.7 Å². The average molecular weight is 421 g/mol. The van der Waals surface area contributed by atoms with Crippen LogP contribution in [-0.2, 0) is 9.59 Å². The van der Waals surface area contributed by atoms with Gasteiger partial charge in [-0.1, -0.05) is 58.0 Å². The van der Waals surface area contributed by atoms with E-state index in [1.165, 1.54) is 0 Å². The Kier molecular flexibility index (Phi) is 7.94. The molecule has 2 aromatic carbocycles. The lowest BCUT2D eigenvalue weighted by Crippen LogP contribution is -2.43. The van der Waals surface area contributed by atoms with E-state index in [9.17, 15) is 19.8 Å². The van der Waals surface area contributed by atoms with Gasteiger partial charge < -0.3 is 20.8 Å². The molecule has 2 amide bonds. The predicted molar refractivity (Wildman–Crippen MR) is 116 cm³/mol. The lowest BCUT2D eigenvalue weighted by molar-refractivity contribution is -0.119. The molecule has 28 heavy (non-hydrogen) atoms. The van der Waals surface area contributed by atoms with Crippen LogP contribution >= 0.6 is 21.6 Å². The van der Waals surface area contributed by atoms with Gasteiger partial charge in [-0.2, -0.15) is 0 Å². The van der Waals surface area contributed by atoms with Crippen molar-refractivity contribution >= 4 is 44.8 Å². The van der Waals surface area contributed by atoms with Crippen molar-refractivity contribution in [3.8, 4) is 0 Å². The molecule has 2 unspecified atom stereocenters. The maximum atomic E-state index is 12.7. The molecule has 150 valence electrons. The molecule has 0 bridgehead atoms. The van der Waals surface area contributed by atoms with Crippen LogP contribution in [0.25, 0.3) is 0 Å². The van der Waals surface area contributed by atoms with Crippen LogP contribution in [0.2, 0.25) is 0 Å². The first-order chi connectivity index (χ1) is 13.3. The molecule has 0 heterocycles. The summed E-state index contributed by atoms with van der Waals surface area (Å²) in [5.74, 6) is -0.773. The van der Waals surface area contributed by atoms with Crippen LogP contribution in [0.4, 0.5) is 11.4 Å². The van der Waals surface area contributed by atoms with Crippen molar-refractivity contribution < 1.29 is 19.8 Å². The maximum absolute atomic E-state index is 12.7. The molecule has 2 aromatic rings. The zero-order chi connectivity index (χ0) is 20.6. The van der Waals surface area contributed by atoms with Crippen LogP contribution in [0.15, 0.2) is 60.7 Å². The van der Waals surface area contributed by atoms with Crippen LogP contribution in [0.1, 0.15) is 13.8 Å². The summed E-state index contributed by atoms with van der Waals surface area (Å²) >= 11 is 0. The fourth-order valence-electron chi connectivity index (χ4n) is 2.03.